The highest BCUT2D eigenvalue weighted by atomic mass is 19.1. The standard InChI is InChI=1S/C13H17FN2/c14-11-7-10(15)5-6-12(11)16-13(8-1-2-8)9-3-4-9/h5-9,13,16H,1-4,15H2. The number of nitrogens with one attached hydrogen (secondary N) is 1. The maximum atomic E-state index is 13.6. The van der Waals surface area contributed by atoms with E-state index in [-0.39, 0.29) is 5.82 Å². The van der Waals surface area contributed by atoms with Crippen LogP contribution in [0.3, 0.4) is 0 Å². The van der Waals surface area contributed by atoms with E-state index in [2.05, 4.69) is 5.32 Å². The van der Waals surface area contributed by atoms with Crippen LogP contribution in [0.4, 0.5) is 15.8 Å². The van der Waals surface area contributed by atoms with Gasteiger partial charge < -0.3 is 11.1 Å². The van der Waals surface area contributed by atoms with E-state index in [0.717, 1.165) is 11.8 Å². The Morgan fingerprint density at radius 2 is 1.81 bits per heavy atom. The van der Waals surface area contributed by atoms with Gasteiger partial charge in [-0.05, 0) is 55.7 Å². The molecule has 2 saturated carbocycles. The Bertz CT molecular complexity index is 385. The molecule has 0 atom stereocenters. The zero-order valence-corrected chi connectivity index (χ0v) is 9.25. The Hall–Kier alpha value is -1.25. The lowest BCUT2D eigenvalue weighted by Crippen LogP contribution is -2.24. The second-order valence-electron chi connectivity index (χ2n) is 5.08. The van der Waals surface area contributed by atoms with Crippen molar-refractivity contribution in [3.8, 4) is 0 Å². The minimum absolute atomic E-state index is 0.230. The molecule has 2 aliphatic carbocycles. The molecule has 0 aromatic heterocycles. The van der Waals surface area contributed by atoms with Gasteiger partial charge in [0.25, 0.3) is 0 Å². The van der Waals surface area contributed by atoms with Gasteiger partial charge in [0, 0.05) is 11.7 Å². The molecule has 0 spiro atoms. The maximum Gasteiger partial charge on any atom is 0.148 e. The summed E-state index contributed by atoms with van der Waals surface area (Å²) in [6, 6.07) is 5.38. The Kier molecular flexibility index (Phi) is 2.27. The molecule has 2 aliphatic rings. The molecule has 3 N–H and O–H groups in total. The van der Waals surface area contributed by atoms with Crippen LogP contribution in [0.25, 0.3) is 0 Å². The first-order valence-corrected chi connectivity index (χ1v) is 6.05. The molecule has 0 heterocycles. The third kappa shape index (κ3) is 1.99. The van der Waals surface area contributed by atoms with Gasteiger partial charge in [-0.25, -0.2) is 4.39 Å². The zero-order valence-electron chi connectivity index (χ0n) is 9.25. The van der Waals surface area contributed by atoms with Crippen molar-refractivity contribution in [3.63, 3.8) is 0 Å². The fraction of sp³-hybridized carbons (Fsp3) is 0.538. The van der Waals surface area contributed by atoms with E-state index < -0.39 is 0 Å². The van der Waals surface area contributed by atoms with Crippen molar-refractivity contribution < 1.29 is 4.39 Å². The number of anilines is 2. The molecule has 86 valence electrons. The Balaban J connectivity index is 1.76. The fourth-order valence-electron chi connectivity index (χ4n) is 2.36. The van der Waals surface area contributed by atoms with E-state index in [1.165, 1.54) is 31.7 Å². The largest absolute Gasteiger partial charge is 0.399 e. The highest BCUT2D eigenvalue weighted by Gasteiger charge is 2.41. The SMILES string of the molecule is Nc1ccc(NC(C2CC2)C2CC2)c(F)c1. The molecule has 0 amide bonds. The van der Waals surface area contributed by atoms with E-state index in [1.54, 1.807) is 12.1 Å². The molecule has 1 aromatic rings. The Morgan fingerprint density at radius 1 is 1.19 bits per heavy atom. The predicted molar refractivity (Wildman–Crippen MR) is 63.7 cm³/mol. The lowest BCUT2D eigenvalue weighted by molar-refractivity contribution is 0.558. The normalized spacial score (nSPS) is 20.1. The highest BCUT2D eigenvalue weighted by Crippen LogP contribution is 2.46. The summed E-state index contributed by atoms with van der Waals surface area (Å²) in [5.41, 5.74) is 6.63. The van der Waals surface area contributed by atoms with Crippen LogP contribution in [-0.4, -0.2) is 6.04 Å². The summed E-state index contributed by atoms with van der Waals surface area (Å²) in [5, 5.41) is 3.37. The minimum Gasteiger partial charge on any atom is -0.399 e. The van der Waals surface area contributed by atoms with E-state index >= 15 is 0 Å². The van der Waals surface area contributed by atoms with Gasteiger partial charge in [-0.3, -0.25) is 0 Å². The van der Waals surface area contributed by atoms with Crippen LogP contribution in [0.2, 0.25) is 0 Å². The van der Waals surface area contributed by atoms with Gasteiger partial charge in [-0.15, -0.1) is 0 Å². The molecule has 2 nitrogen and oxygen atoms in total. The first-order valence-electron chi connectivity index (χ1n) is 6.05. The van der Waals surface area contributed by atoms with Crippen molar-refractivity contribution in [3.05, 3.63) is 24.0 Å². The van der Waals surface area contributed by atoms with Crippen LogP contribution in [0.15, 0.2) is 18.2 Å². The molecular weight excluding hydrogens is 203 g/mol. The van der Waals surface area contributed by atoms with Gasteiger partial charge in [0.15, 0.2) is 0 Å². The molecule has 3 rings (SSSR count). The predicted octanol–water partition coefficient (Wildman–Crippen LogP) is 3.01. The summed E-state index contributed by atoms with van der Waals surface area (Å²) < 4.78 is 13.6. The number of hydrogen-bond donors (Lipinski definition) is 2. The average Bonchev–Trinajstić information content (AvgIpc) is 3.11. The number of rotatable bonds is 4. The van der Waals surface area contributed by atoms with Crippen LogP contribution >= 0.6 is 0 Å². The van der Waals surface area contributed by atoms with Crippen LogP contribution in [0.5, 0.6) is 0 Å². The van der Waals surface area contributed by atoms with Gasteiger partial charge in [0.2, 0.25) is 0 Å². The quantitative estimate of drug-likeness (QED) is 0.765. The van der Waals surface area contributed by atoms with Crippen molar-refractivity contribution in [2.24, 2.45) is 11.8 Å². The lowest BCUT2D eigenvalue weighted by Gasteiger charge is -2.19. The minimum atomic E-state index is -0.230. The number of halogens is 1. The number of nitrogens with two attached hydrogens (primary N) is 1. The number of benzene rings is 1. The third-order valence-corrected chi connectivity index (χ3v) is 3.58. The summed E-state index contributed by atoms with van der Waals surface area (Å²) in [7, 11) is 0. The van der Waals surface area contributed by atoms with Gasteiger partial charge in [-0.2, -0.15) is 0 Å². The first-order chi connectivity index (χ1) is 7.74. The highest BCUT2D eigenvalue weighted by molar-refractivity contribution is 5.53. The Labute approximate surface area is 95.0 Å². The van der Waals surface area contributed by atoms with Gasteiger partial charge in [0.1, 0.15) is 5.82 Å². The van der Waals surface area contributed by atoms with Crippen molar-refractivity contribution in [1.82, 2.24) is 0 Å². The molecule has 0 aliphatic heterocycles. The molecule has 0 radical (unpaired) electrons. The zero-order chi connectivity index (χ0) is 11.1. The van der Waals surface area contributed by atoms with E-state index in [1.807, 2.05) is 0 Å². The average molecular weight is 220 g/mol. The number of hydrogen-bond acceptors (Lipinski definition) is 2. The lowest BCUT2D eigenvalue weighted by atomic mass is 10.1. The summed E-state index contributed by atoms with van der Waals surface area (Å²) in [5.74, 6) is 1.31. The molecule has 16 heavy (non-hydrogen) atoms. The van der Waals surface area contributed by atoms with Crippen LogP contribution in [0.1, 0.15) is 25.7 Å². The molecule has 0 saturated heterocycles. The van der Waals surface area contributed by atoms with Crippen molar-refractivity contribution in [1.29, 1.82) is 0 Å². The van der Waals surface area contributed by atoms with Crippen molar-refractivity contribution in [2.75, 3.05) is 11.1 Å². The smallest absolute Gasteiger partial charge is 0.148 e. The summed E-state index contributed by atoms with van der Waals surface area (Å²) in [6.45, 7) is 0. The van der Waals surface area contributed by atoms with Crippen LogP contribution in [-0.2, 0) is 0 Å². The molecular formula is C13H17FN2. The topological polar surface area (TPSA) is 38.0 Å². The van der Waals surface area contributed by atoms with E-state index in [9.17, 15) is 4.39 Å². The first kappa shape index (κ1) is 9.94. The van der Waals surface area contributed by atoms with Crippen molar-refractivity contribution in [2.45, 2.75) is 31.7 Å². The summed E-state index contributed by atoms with van der Waals surface area (Å²) in [4.78, 5) is 0. The van der Waals surface area contributed by atoms with Gasteiger partial charge >= 0.3 is 0 Å². The number of nitrogen functional groups attached to an aromatic ring is 1. The van der Waals surface area contributed by atoms with E-state index in [0.29, 0.717) is 17.4 Å². The van der Waals surface area contributed by atoms with Gasteiger partial charge in [-0.1, -0.05) is 0 Å². The van der Waals surface area contributed by atoms with E-state index in [4.69, 9.17) is 5.73 Å². The monoisotopic (exact) mass is 220 g/mol. The van der Waals surface area contributed by atoms with Crippen LogP contribution in [0, 0.1) is 17.7 Å². The van der Waals surface area contributed by atoms with Gasteiger partial charge in [0.05, 0.1) is 5.69 Å². The van der Waals surface area contributed by atoms with Crippen LogP contribution < -0.4 is 11.1 Å². The second kappa shape index (κ2) is 3.65. The molecule has 2 fully saturated rings. The third-order valence-electron chi connectivity index (χ3n) is 3.58. The summed E-state index contributed by atoms with van der Waals surface area (Å²) in [6.07, 6.45) is 5.19. The maximum absolute atomic E-state index is 13.6. The molecule has 1 aromatic carbocycles. The molecule has 0 bridgehead atoms. The molecule has 3 heteroatoms. The molecule has 0 unspecified atom stereocenters. The van der Waals surface area contributed by atoms with Crippen molar-refractivity contribution >= 4 is 11.4 Å². The summed E-state index contributed by atoms with van der Waals surface area (Å²) >= 11 is 0. The second-order valence-corrected chi connectivity index (χ2v) is 5.08. The fourth-order valence-corrected chi connectivity index (χ4v) is 2.36. The Morgan fingerprint density at radius 3 is 2.31 bits per heavy atom.